The number of nitrogens with one attached hydrogen (secondary N) is 1. The first kappa shape index (κ1) is 20.1. The summed E-state index contributed by atoms with van der Waals surface area (Å²) in [4.78, 5) is 6.89. The number of halogens is 1. The van der Waals surface area contributed by atoms with Crippen molar-refractivity contribution in [3.8, 4) is 0 Å². The Kier molecular flexibility index (Phi) is 6.73. The summed E-state index contributed by atoms with van der Waals surface area (Å²) >= 11 is 0. The number of fused-ring (bicyclic) bond motifs is 1. The number of hydrogen-bond acceptors (Lipinski definition) is 3. The quantitative estimate of drug-likeness (QED) is 0.417. The molecule has 0 radical (unpaired) electrons. The van der Waals surface area contributed by atoms with E-state index in [1.54, 1.807) is 0 Å². The minimum atomic E-state index is 0. The maximum Gasteiger partial charge on any atom is 0.194 e. The Morgan fingerprint density at radius 3 is 2.78 bits per heavy atom. The maximum atomic E-state index is 4.51. The van der Waals surface area contributed by atoms with E-state index in [0.29, 0.717) is 18.4 Å². The van der Waals surface area contributed by atoms with Crippen molar-refractivity contribution in [3.05, 3.63) is 47.5 Å². The summed E-state index contributed by atoms with van der Waals surface area (Å²) in [5.41, 5.74) is 1.46. The lowest BCUT2D eigenvalue weighted by molar-refractivity contribution is 0.234. The van der Waals surface area contributed by atoms with E-state index in [2.05, 4.69) is 67.2 Å². The summed E-state index contributed by atoms with van der Waals surface area (Å²) in [6, 6.07) is 10.9. The van der Waals surface area contributed by atoms with E-state index >= 15 is 0 Å². The molecule has 2 aromatic rings. The first-order valence-electron chi connectivity index (χ1n) is 9.67. The number of aryl methyl sites for hydroxylation is 1. The second-order valence-electron chi connectivity index (χ2n) is 7.42. The fraction of sp³-hybridized carbons (Fsp3) is 0.550. The Labute approximate surface area is 178 Å². The van der Waals surface area contributed by atoms with Crippen LogP contribution in [-0.4, -0.2) is 45.8 Å². The van der Waals surface area contributed by atoms with Gasteiger partial charge in [0.25, 0.3) is 0 Å². The molecular formula is C20H29IN6. The second-order valence-corrected chi connectivity index (χ2v) is 7.42. The molecule has 27 heavy (non-hydrogen) atoms. The molecule has 0 bridgehead atoms. The highest BCUT2D eigenvalue weighted by molar-refractivity contribution is 14.0. The molecule has 1 saturated heterocycles. The Morgan fingerprint density at radius 1 is 1.22 bits per heavy atom. The van der Waals surface area contributed by atoms with E-state index in [9.17, 15) is 0 Å². The molecule has 2 atom stereocenters. The monoisotopic (exact) mass is 480 g/mol. The summed E-state index contributed by atoms with van der Waals surface area (Å²) in [7, 11) is 1.87. The lowest BCUT2D eigenvalue weighted by Gasteiger charge is -2.38. The van der Waals surface area contributed by atoms with Gasteiger partial charge in [-0.15, -0.1) is 34.2 Å². The van der Waals surface area contributed by atoms with Crippen molar-refractivity contribution in [2.45, 2.75) is 45.2 Å². The molecule has 2 unspecified atom stereocenters. The molecule has 0 spiro atoms. The number of guanidine groups is 1. The highest BCUT2D eigenvalue weighted by Gasteiger charge is 2.29. The minimum absolute atomic E-state index is 0. The fourth-order valence-electron chi connectivity index (χ4n) is 4.37. The van der Waals surface area contributed by atoms with Crippen molar-refractivity contribution in [3.63, 3.8) is 0 Å². The first-order chi connectivity index (χ1) is 12.8. The van der Waals surface area contributed by atoms with Gasteiger partial charge in [-0.25, -0.2) is 0 Å². The van der Waals surface area contributed by atoms with Crippen LogP contribution in [0.3, 0.4) is 0 Å². The highest BCUT2D eigenvalue weighted by Crippen LogP contribution is 2.32. The molecule has 1 aromatic carbocycles. The normalized spacial score (nSPS) is 22.3. The summed E-state index contributed by atoms with van der Waals surface area (Å²) in [6.07, 6.45) is 3.38. The Balaban J connectivity index is 0.00000210. The molecule has 2 aliphatic rings. The lowest BCUT2D eigenvalue weighted by atomic mass is 9.82. The zero-order valence-corrected chi connectivity index (χ0v) is 18.5. The van der Waals surface area contributed by atoms with Crippen LogP contribution in [-0.2, 0) is 19.5 Å². The number of aliphatic imine (C=N–C) groups is 1. The summed E-state index contributed by atoms with van der Waals surface area (Å²) < 4.78 is 2.24. The van der Waals surface area contributed by atoms with Crippen LogP contribution in [0, 0.1) is 5.92 Å². The molecule has 0 aliphatic carbocycles. The van der Waals surface area contributed by atoms with E-state index in [4.69, 9.17) is 0 Å². The highest BCUT2D eigenvalue weighted by atomic mass is 127. The number of aromatic nitrogens is 3. The van der Waals surface area contributed by atoms with E-state index in [1.807, 2.05) is 7.05 Å². The van der Waals surface area contributed by atoms with Gasteiger partial charge in [0.1, 0.15) is 5.82 Å². The standard InChI is InChI=1S/C20H28N6.HI/c1-15-14-25(12-10-17(15)16-7-4-3-5-8-16)20(21-2)22-13-19-24-23-18-9-6-11-26(18)19;/h3-5,7-8,15,17H,6,9-14H2,1-2H3,(H,21,22);1H. The zero-order chi connectivity index (χ0) is 17.9. The van der Waals surface area contributed by atoms with Crippen LogP contribution in [0.4, 0.5) is 0 Å². The van der Waals surface area contributed by atoms with Crippen molar-refractivity contribution >= 4 is 29.9 Å². The van der Waals surface area contributed by atoms with E-state index < -0.39 is 0 Å². The molecular weight excluding hydrogens is 451 g/mol. The molecule has 146 valence electrons. The molecule has 3 heterocycles. The molecule has 1 N–H and O–H groups in total. The van der Waals surface area contributed by atoms with Crippen molar-refractivity contribution in [1.29, 1.82) is 0 Å². The van der Waals surface area contributed by atoms with Crippen LogP contribution in [0.2, 0.25) is 0 Å². The van der Waals surface area contributed by atoms with Crippen molar-refractivity contribution in [1.82, 2.24) is 25.0 Å². The second kappa shape index (κ2) is 9.03. The largest absolute Gasteiger partial charge is 0.349 e. The van der Waals surface area contributed by atoms with Crippen LogP contribution < -0.4 is 5.32 Å². The predicted octanol–water partition coefficient (Wildman–Crippen LogP) is 3.04. The van der Waals surface area contributed by atoms with Crippen LogP contribution in [0.5, 0.6) is 0 Å². The maximum absolute atomic E-state index is 4.51. The smallest absolute Gasteiger partial charge is 0.194 e. The molecule has 0 saturated carbocycles. The molecule has 4 rings (SSSR count). The number of likely N-dealkylation sites (tertiary alicyclic amines) is 1. The summed E-state index contributed by atoms with van der Waals surface area (Å²) in [6.45, 7) is 6.13. The van der Waals surface area contributed by atoms with Gasteiger partial charge in [-0.2, -0.15) is 0 Å². The Bertz CT molecular complexity index is 772. The van der Waals surface area contributed by atoms with Gasteiger partial charge < -0.3 is 14.8 Å². The van der Waals surface area contributed by atoms with Gasteiger partial charge in [-0.3, -0.25) is 4.99 Å². The molecule has 6 nitrogen and oxygen atoms in total. The number of nitrogens with zero attached hydrogens (tertiary/aromatic N) is 5. The van der Waals surface area contributed by atoms with Crippen LogP contribution in [0.25, 0.3) is 0 Å². The lowest BCUT2D eigenvalue weighted by Crippen LogP contribution is -2.47. The average Bonchev–Trinajstić information content (AvgIpc) is 3.28. The summed E-state index contributed by atoms with van der Waals surface area (Å²) in [5, 5.41) is 12.1. The average molecular weight is 480 g/mol. The third kappa shape index (κ3) is 4.28. The number of hydrogen-bond donors (Lipinski definition) is 1. The number of benzene rings is 1. The number of piperidine rings is 1. The third-order valence-electron chi connectivity index (χ3n) is 5.74. The molecule has 0 amide bonds. The van der Waals surface area contributed by atoms with Crippen LogP contribution in [0.15, 0.2) is 35.3 Å². The first-order valence-corrected chi connectivity index (χ1v) is 9.67. The summed E-state index contributed by atoms with van der Waals surface area (Å²) in [5.74, 6) is 4.34. The predicted molar refractivity (Wildman–Crippen MR) is 118 cm³/mol. The Morgan fingerprint density at radius 2 is 2.04 bits per heavy atom. The molecule has 7 heteroatoms. The van der Waals surface area contributed by atoms with Gasteiger partial charge in [0, 0.05) is 33.1 Å². The van der Waals surface area contributed by atoms with E-state index in [0.717, 1.165) is 50.1 Å². The Hall–Kier alpha value is -1.64. The van der Waals surface area contributed by atoms with Gasteiger partial charge in [-0.1, -0.05) is 37.3 Å². The number of rotatable bonds is 3. The zero-order valence-electron chi connectivity index (χ0n) is 16.1. The molecule has 1 fully saturated rings. The van der Waals surface area contributed by atoms with Crippen molar-refractivity contribution in [2.24, 2.45) is 10.9 Å². The van der Waals surface area contributed by atoms with Crippen molar-refractivity contribution < 1.29 is 0 Å². The molecule has 1 aromatic heterocycles. The van der Waals surface area contributed by atoms with E-state index in [-0.39, 0.29) is 24.0 Å². The topological polar surface area (TPSA) is 58.3 Å². The van der Waals surface area contributed by atoms with Gasteiger partial charge in [-0.05, 0) is 30.2 Å². The van der Waals surface area contributed by atoms with Crippen molar-refractivity contribution in [2.75, 3.05) is 20.1 Å². The third-order valence-corrected chi connectivity index (χ3v) is 5.74. The van der Waals surface area contributed by atoms with Gasteiger partial charge in [0.05, 0.1) is 6.54 Å². The van der Waals surface area contributed by atoms with E-state index in [1.165, 1.54) is 12.0 Å². The SMILES string of the molecule is CN=C(NCc1nnc2n1CCC2)N1CCC(c2ccccc2)C(C)C1.I. The molecule has 2 aliphatic heterocycles. The minimum Gasteiger partial charge on any atom is -0.349 e. The van der Waals surface area contributed by atoms with Gasteiger partial charge in [0.15, 0.2) is 11.8 Å². The van der Waals surface area contributed by atoms with Gasteiger partial charge >= 0.3 is 0 Å². The van der Waals surface area contributed by atoms with Crippen LogP contribution in [0.1, 0.15) is 42.9 Å². The van der Waals surface area contributed by atoms with Gasteiger partial charge in [0.2, 0.25) is 0 Å². The fourth-order valence-corrected chi connectivity index (χ4v) is 4.37. The van der Waals surface area contributed by atoms with Crippen LogP contribution >= 0.6 is 24.0 Å².